The highest BCUT2D eigenvalue weighted by Crippen LogP contribution is 2.27. The van der Waals surface area contributed by atoms with Crippen LogP contribution < -0.4 is 8.69 Å². The number of nitrogens with zero attached hydrogens (tertiary/aromatic N) is 2. The molecule has 1 rings (SSSR count). The first-order chi connectivity index (χ1) is 12.0. The number of aryl methyl sites for hydroxylation is 2. The van der Waals surface area contributed by atoms with Gasteiger partial charge < -0.3 is 0 Å². The first kappa shape index (κ1) is 25.6. The van der Waals surface area contributed by atoms with E-state index in [0.717, 1.165) is 0 Å². The first-order valence-electron chi connectivity index (χ1n) is 7.45. The van der Waals surface area contributed by atoms with Crippen LogP contribution in [0.5, 0.6) is 0 Å². The Morgan fingerprint density at radius 2 is 1.41 bits per heavy atom. The molecule has 0 radical (unpaired) electrons. The molecule has 0 amide bonds. The van der Waals surface area contributed by atoms with Crippen molar-refractivity contribution in [2.45, 2.75) is 50.2 Å². The van der Waals surface area contributed by atoms with Gasteiger partial charge in [0.1, 0.15) is 12.4 Å². The molecule has 0 spiro atoms. The Hall–Kier alpha value is -1.35. The predicted octanol–water partition coefficient (Wildman–Crippen LogP) is 2.17. The van der Waals surface area contributed by atoms with Crippen molar-refractivity contribution in [3.63, 3.8) is 0 Å². The maximum atomic E-state index is 11.5. The fourth-order valence-electron chi connectivity index (χ4n) is 1.59. The summed E-state index contributed by atoms with van der Waals surface area (Å²) in [6.45, 7) is 3.41. The number of hydrogen-bond donors (Lipinski definition) is 1. The van der Waals surface area contributed by atoms with Crippen molar-refractivity contribution in [1.82, 2.24) is 8.69 Å². The van der Waals surface area contributed by atoms with Crippen LogP contribution in [0.1, 0.15) is 32.6 Å². The lowest BCUT2D eigenvalue weighted by atomic mass is 10.2. The monoisotopic (exact) mass is 448 g/mol. The number of nitrogens with one attached hydrogen (secondary N) is 1. The van der Waals surface area contributed by atoms with Crippen LogP contribution in [-0.4, -0.2) is 32.4 Å². The van der Waals surface area contributed by atoms with Crippen LogP contribution in [-0.2, 0) is 33.6 Å². The summed E-state index contributed by atoms with van der Waals surface area (Å²) in [6, 6.07) is 0. The van der Waals surface area contributed by atoms with E-state index < -0.39 is 35.2 Å². The van der Waals surface area contributed by atoms with Gasteiger partial charge in [-0.1, -0.05) is 23.9 Å². The molecule has 1 aromatic rings. The average Bonchev–Trinajstić information content (AvgIpc) is 2.86. The smallest absolute Gasteiger partial charge is 0.240 e. The van der Waals surface area contributed by atoms with Gasteiger partial charge in [0.05, 0.1) is 13.6 Å². The lowest BCUT2D eigenvalue weighted by molar-refractivity contribution is -0.696. The van der Waals surface area contributed by atoms with Crippen molar-refractivity contribution in [1.29, 1.82) is 0 Å². The van der Waals surface area contributed by atoms with Crippen molar-refractivity contribution < 1.29 is 47.7 Å². The second kappa shape index (κ2) is 9.73. The normalized spacial score (nSPS) is 13.2. The molecule has 0 bridgehead atoms. The van der Waals surface area contributed by atoms with Gasteiger partial charge >= 0.3 is 31.1 Å². The molecule has 7 nitrogen and oxygen atoms in total. The van der Waals surface area contributed by atoms with Crippen molar-refractivity contribution in [2.75, 3.05) is 0 Å². The summed E-state index contributed by atoms with van der Waals surface area (Å²) in [5.41, 5.74) is -12.3. The molecule has 27 heavy (non-hydrogen) atoms. The summed E-state index contributed by atoms with van der Waals surface area (Å²) in [5.74, 6) is 0. The van der Waals surface area contributed by atoms with Gasteiger partial charge in [0, 0.05) is 0 Å². The van der Waals surface area contributed by atoms with E-state index in [1.54, 1.807) is 0 Å². The molecule has 0 saturated heterocycles. The van der Waals surface area contributed by atoms with E-state index in [-0.39, 0.29) is 0 Å². The number of halogens is 6. The quantitative estimate of drug-likeness (QED) is 0.393. The molecule has 1 aromatic heterocycles. The number of hydrogen-bond acceptors (Lipinski definition) is 4. The Morgan fingerprint density at radius 1 is 0.926 bits per heavy atom. The van der Waals surface area contributed by atoms with Crippen molar-refractivity contribution in [3.8, 4) is 0 Å². The van der Waals surface area contributed by atoms with E-state index in [2.05, 4.69) is 41.8 Å². The minimum absolute atomic E-state index is 0.493. The van der Waals surface area contributed by atoms with Crippen LogP contribution in [0.25, 0.3) is 0 Å². The Kier molecular flexibility index (Phi) is 9.24. The second-order valence-electron chi connectivity index (χ2n) is 5.36. The summed E-state index contributed by atoms with van der Waals surface area (Å²) in [7, 11) is -11.1. The molecular formula is C12H20F6N3O4S2+. The molecule has 0 saturated carbocycles. The second-order valence-corrected chi connectivity index (χ2v) is 8.97. The number of alkyl halides is 6. The molecule has 160 valence electrons. The Bertz CT molecular complexity index is 743. The summed E-state index contributed by atoms with van der Waals surface area (Å²) in [5, 5.41) is 0. The van der Waals surface area contributed by atoms with Gasteiger partial charge in [-0.25, -0.2) is 26.0 Å². The van der Waals surface area contributed by atoms with Gasteiger partial charge in [-0.2, -0.15) is 26.3 Å². The fourth-order valence-corrected chi connectivity index (χ4v) is 3.51. The van der Waals surface area contributed by atoms with Crippen LogP contribution in [0.15, 0.2) is 18.7 Å². The standard InChI is InChI=1S/C10H19N2.C2HF6NO4S2/c1-3-4-5-6-7-12-9-8-11(2)10-12;3-1(4,5)14(10,11)9-15(12,13)2(6,7)8/h8-10H,3-7H2,1-2H3;9H/q+1;. The molecule has 0 aliphatic heterocycles. The SMILES string of the molecule is CCCCCC[n+]1ccn(C)c1.O=S(=O)(NS(=O)(=O)C(F)(F)F)C(F)(F)F. The van der Waals surface area contributed by atoms with Crippen LogP contribution in [0.2, 0.25) is 0 Å². The zero-order valence-electron chi connectivity index (χ0n) is 14.4. The minimum Gasteiger partial charge on any atom is -0.240 e. The van der Waals surface area contributed by atoms with Crippen LogP contribution in [0.3, 0.4) is 0 Å². The highest BCUT2D eigenvalue weighted by molar-refractivity contribution is 8.05. The Labute approximate surface area is 153 Å². The summed E-state index contributed by atoms with van der Waals surface area (Å²) in [4.78, 5) is 0. The van der Waals surface area contributed by atoms with Gasteiger partial charge in [0.2, 0.25) is 6.33 Å². The molecule has 0 aliphatic carbocycles. The Balaban J connectivity index is 0.000000511. The molecule has 0 aromatic carbocycles. The summed E-state index contributed by atoms with van der Waals surface area (Å²) >= 11 is 0. The van der Waals surface area contributed by atoms with E-state index in [1.165, 1.54) is 32.2 Å². The third kappa shape index (κ3) is 8.92. The van der Waals surface area contributed by atoms with E-state index in [9.17, 15) is 43.2 Å². The lowest BCUT2D eigenvalue weighted by Gasteiger charge is -2.11. The summed E-state index contributed by atoms with van der Waals surface area (Å²) in [6.07, 6.45) is 11.7. The third-order valence-electron chi connectivity index (χ3n) is 2.92. The third-order valence-corrected chi connectivity index (χ3v) is 5.90. The van der Waals surface area contributed by atoms with Gasteiger partial charge in [0.25, 0.3) is 0 Å². The summed E-state index contributed by atoms with van der Waals surface area (Å²) < 4.78 is 113. The van der Waals surface area contributed by atoms with Crippen molar-refractivity contribution in [3.05, 3.63) is 18.7 Å². The van der Waals surface area contributed by atoms with E-state index >= 15 is 0 Å². The highest BCUT2D eigenvalue weighted by atomic mass is 32.3. The number of aromatic nitrogens is 2. The van der Waals surface area contributed by atoms with E-state index in [1.807, 2.05) is 0 Å². The molecule has 1 N–H and O–H groups in total. The molecule has 0 atom stereocenters. The maximum absolute atomic E-state index is 11.5. The number of rotatable bonds is 7. The van der Waals surface area contributed by atoms with Crippen LogP contribution in [0, 0.1) is 0 Å². The topological polar surface area (TPSA) is 89.1 Å². The Morgan fingerprint density at radius 3 is 1.74 bits per heavy atom. The minimum atomic E-state index is -6.60. The van der Waals surface area contributed by atoms with Crippen molar-refractivity contribution >= 4 is 20.0 Å². The number of imidazole rings is 1. The molecular weight excluding hydrogens is 428 g/mol. The lowest BCUT2D eigenvalue weighted by Crippen LogP contribution is -2.45. The predicted molar refractivity (Wildman–Crippen MR) is 82.8 cm³/mol. The van der Waals surface area contributed by atoms with Crippen LogP contribution in [0.4, 0.5) is 26.3 Å². The zero-order valence-corrected chi connectivity index (χ0v) is 16.0. The molecule has 0 fully saturated rings. The molecule has 0 unspecified atom stereocenters. The zero-order chi connectivity index (χ0) is 21.5. The first-order valence-corrected chi connectivity index (χ1v) is 10.4. The van der Waals surface area contributed by atoms with Crippen LogP contribution >= 0.6 is 0 Å². The molecule has 15 heteroatoms. The maximum Gasteiger partial charge on any atom is 0.512 e. The van der Waals surface area contributed by atoms with Gasteiger partial charge in [-0.3, -0.25) is 0 Å². The molecule has 0 aliphatic rings. The van der Waals surface area contributed by atoms with Gasteiger partial charge in [-0.05, 0) is 12.8 Å². The van der Waals surface area contributed by atoms with Gasteiger partial charge in [0.15, 0.2) is 0 Å². The van der Waals surface area contributed by atoms with E-state index in [4.69, 9.17) is 0 Å². The number of unbranched alkanes of at least 4 members (excludes halogenated alkanes) is 3. The highest BCUT2D eigenvalue weighted by Gasteiger charge is 2.55. The van der Waals surface area contributed by atoms with Crippen molar-refractivity contribution in [2.24, 2.45) is 7.05 Å². The van der Waals surface area contributed by atoms with E-state index in [0.29, 0.717) is 0 Å². The fraction of sp³-hybridized carbons (Fsp3) is 0.750. The van der Waals surface area contributed by atoms with Gasteiger partial charge in [-0.15, -0.1) is 0 Å². The number of sulfonamides is 2. The largest absolute Gasteiger partial charge is 0.512 e. The average molecular weight is 448 g/mol. The molecule has 1 heterocycles.